The van der Waals surface area contributed by atoms with Gasteiger partial charge in [-0.1, -0.05) is 27.2 Å². The minimum atomic E-state index is 0.601. The molecule has 1 aliphatic carbocycles. The minimum absolute atomic E-state index is 0.601. The summed E-state index contributed by atoms with van der Waals surface area (Å²) in [7, 11) is 0. The fraction of sp³-hybridized carbons (Fsp3) is 0.824. The number of hydrogen-bond acceptors (Lipinski definition) is 2. The normalized spacial score (nSPS) is 22.9. The summed E-state index contributed by atoms with van der Waals surface area (Å²) in [5, 5.41) is 8.32. The summed E-state index contributed by atoms with van der Waals surface area (Å²) in [5.74, 6) is 1.69. The van der Waals surface area contributed by atoms with E-state index < -0.39 is 0 Å². The molecule has 1 aliphatic rings. The fourth-order valence-electron chi connectivity index (χ4n) is 3.43. The van der Waals surface area contributed by atoms with E-state index in [0.717, 1.165) is 24.8 Å². The molecule has 3 nitrogen and oxygen atoms in total. The van der Waals surface area contributed by atoms with Gasteiger partial charge < -0.3 is 5.32 Å². The van der Waals surface area contributed by atoms with Crippen molar-refractivity contribution in [2.75, 3.05) is 6.54 Å². The molecule has 2 rings (SSSR count). The standard InChI is InChI=1S/C17H31N3/c1-5-16-11-17(20(6-2)19-16)10-14-8-7-9-15(14)12-18-13(3)4/h11,13-15,18H,5-10,12H2,1-4H3. The van der Waals surface area contributed by atoms with Gasteiger partial charge in [0.15, 0.2) is 0 Å². The van der Waals surface area contributed by atoms with E-state index in [0.29, 0.717) is 6.04 Å². The maximum absolute atomic E-state index is 4.69. The van der Waals surface area contributed by atoms with Gasteiger partial charge >= 0.3 is 0 Å². The first kappa shape index (κ1) is 15.6. The van der Waals surface area contributed by atoms with Gasteiger partial charge in [-0.2, -0.15) is 5.10 Å². The van der Waals surface area contributed by atoms with Gasteiger partial charge in [0, 0.05) is 18.3 Å². The highest BCUT2D eigenvalue weighted by atomic mass is 15.3. The molecule has 0 aromatic carbocycles. The van der Waals surface area contributed by atoms with Crippen molar-refractivity contribution >= 4 is 0 Å². The molecule has 0 radical (unpaired) electrons. The number of nitrogens with one attached hydrogen (secondary N) is 1. The molecular weight excluding hydrogens is 246 g/mol. The lowest BCUT2D eigenvalue weighted by molar-refractivity contribution is 0.347. The molecule has 1 N–H and O–H groups in total. The number of aryl methyl sites for hydroxylation is 2. The summed E-state index contributed by atoms with van der Waals surface area (Å²) in [6.07, 6.45) is 6.44. The summed E-state index contributed by atoms with van der Waals surface area (Å²) in [4.78, 5) is 0. The van der Waals surface area contributed by atoms with E-state index in [1.54, 1.807) is 0 Å². The van der Waals surface area contributed by atoms with Crippen molar-refractivity contribution in [3.8, 4) is 0 Å². The van der Waals surface area contributed by atoms with Crippen LogP contribution in [0.15, 0.2) is 6.07 Å². The van der Waals surface area contributed by atoms with Gasteiger partial charge in [-0.3, -0.25) is 4.68 Å². The molecule has 0 spiro atoms. The molecule has 0 bridgehead atoms. The molecule has 2 atom stereocenters. The zero-order chi connectivity index (χ0) is 14.5. The van der Waals surface area contributed by atoms with E-state index in [1.807, 2.05) is 0 Å². The van der Waals surface area contributed by atoms with Crippen LogP contribution in [0.3, 0.4) is 0 Å². The summed E-state index contributed by atoms with van der Waals surface area (Å²) in [6, 6.07) is 2.93. The van der Waals surface area contributed by atoms with Crippen LogP contribution < -0.4 is 5.32 Å². The number of nitrogens with zero attached hydrogens (tertiary/aromatic N) is 2. The Bertz CT molecular complexity index is 408. The number of hydrogen-bond donors (Lipinski definition) is 1. The van der Waals surface area contributed by atoms with Gasteiger partial charge in [0.05, 0.1) is 5.69 Å². The second-order valence-corrected chi connectivity index (χ2v) is 6.51. The van der Waals surface area contributed by atoms with E-state index in [2.05, 4.69) is 48.9 Å². The van der Waals surface area contributed by atoms with Crippen LogP contribution >= 0.6 is 0 Å². The van der Waals surface area contributed by atoms with E-state index in [4.69, 9.17) is 0 Å². The van der Waals surface area contributed by atoms with Crippen LogP contribution in [0.1, 0.15) is 58.3 Å². The molecule has 20 heavy (non-hydrogen) atoms. The van der Waals surface area contributed by atoms with Gasteiger partial charge in [0.25, 0.3) is 0 Å². The summed E-state index contributed by atoms with van der Waals surface area (Å²) < 4.78 is 2.21. The molecule has 0 amide bonds. The van der Waals surface area contributed by atoms with Crippen LogP contribution in [0.2, 0.25) is 0 Å². The van der Waals surface area contributed by atoms with Crippen molar-refractivity contribution < 1.29 is 0 Å². The predicted octanol–water partition coefficient (Wildman–Crippen LogP) is 3.42. The SMILES string of the molecule is CCc1cc(CC2CCCC2CNC(C)C)n(CC)n1. The van der Waals surface area contributed by atoms with Crippen molar-refractivity contribution in [3.05, 3.63) is 17.5 Å². The molecule has 114 valence electrons. The molecule has 2 unspecified atom stereocenters. The number of rotatable bonds is 7. The summed E-state index contributed by atoms with van der Waals surface area (Å²) in [6.45, 7) is 11.0. The van der Waals surface area contributed by atoms with E-state index in [9.17, 15) is 0 Å². The van der Waals surface area contributed by atoms with Crippen molar-refractivity contribution in [1.82, 2.24) is 15.1 Å². The Morgan fingerprint density at radius 1 is 1.30 bits per heavy atom. The first-order chi connectivity index (χ1) is 9.63. The van der Waals surface area contributed by atoms with Crippen LogP contribution in [0, 0.1) is 11.8 Å². The lowest BCUT2D eigenvalue weighted by atomic mass is 9.91. The maximum atomic E-state index is 4.69. The maximum Gasteiger partial charge on any atom is 0.0624 e. The average molecular weight is 277 g/mol. The highest BCUT2D eigenvalue weighted by Crippen LogP contribution is 2.34. The Morgan fingerprint density at radius 2 is 2.05 bits per heavy atom. The molecule has 0 saturated heterocycles. The van der Waals surface area contributed by atoms with Crippen LogP contribution in [0.4, 0.5) is 0 Å². The van der Waals surface area contributed by atoms with E-state index >= 15 is 0 Å². The van der Waals surface area contributed by atoms with Crippen molar-refractivity contribution in [2.24, 2.45) is 11.8 Å². The van der Waals surface area contributed by atoms with Crippen molar-refractivity contribution in [3.63, 3.8) is 0 Å². The first-order valence-electron chi connectivity index (χ1n) is 8.43. The van der Waals surface area contributed by atoms with Crippen LogP contribution in [-0.2, 0) is 19.4 Å². The smallest absolute Gasteiger partial charge is 0.0624 e. The zero-order valence-corrected chi connectivity index (χ0v) is 13.7. The number of aromatic nitrogens is 2. The summed E-state index contributed by atoms with van der Waals surface area (Å²) in [5.41, 5.74) is 2.70. The Balaban J connectivity index is 1.99. The molecule has 1 fully saturated rings. The van der Waals surface area contributed by atoms with E-state index in [1.165, 1.54) is 43.6 Å². The third-order valence-corrected chi connectivity index (χ3v) is 4.65. The second kappa shape index (κ2) is 7.26. The van der Waals surface area contributed by atoms with Gasteiger partial charge in [0.1, 0.15) is 0 Å². The van der Waals surface area contributed by atoms with Gasteiger partial charge in [-0.25, -0.2) is 0 Å². The zero-order valence-electron chi connectivity index (χ0n) is 13.7. The Hall–Kier alpha value is -0.830. The third kappa shape index (κ3) is 3.85. The van der Waals surface area contributed by atoms with Crippen molar-refractivity contribution in [1.29, 1.82) is 0 Å². The van der Waals surface area contributed by atoms with Crippen LogP contribution in [0.25, 0.3) is 0 Å². The Kier molecular flexibility index (Phi) is 5.64. The van der Waals surface area contributed by atoms with E-state index in [-0.39, 0.29) is 0 Å². The molecule has 1 saturated carbocycles. The Labute approximate surface area is 124 Å². The average Bonchev–Trinajstić information content (AvgIpc) is 3.03. The second-order valence-electron chi connectivity index (χ2n) is 6.51. The van der Waals surface area contributed by atoms with Gasteiger partial charge in [0.2, 0.25) is 0 Å². The Morgan fingerprint density at radius 3 is 2.70 bits per heavy atom. The highest BCUT2D eigenvalue weighted by Gasteiger charge is 2.28. The van der Waals surface area contributed by atoms with Crippen LogP contribution in [0.5, 0.6) is 0 Å². The fourth-order valence-corrected chi connectivity index (χ4v) is 3.43. The highest BCUT2D eigenvalue weighted by molar-refractivity contribution is 5.12. The van der Waals surface area contributed by atoms with Gasteiger partial charge in [-0.05, 0) is 57.1 Å². The monoisotopic (exact) mass is 277 g/mol. The molecule has 1 aromatic heterocycles. The molecule has 3 heteroatoms. The van der Waals surface area contributed by atoms with Crippen LogP contribution in [-0.4, -0.2) is 22.4 Å². The lowest BCUT2D eigenvalue weighted by Crippen LogP contribution is -2.31. The van der Waals surface area contributed by atoms with Crippen molar-refractivity contribution in [2.45, 2.75) is 72.4 Å². The molecule has 0 aliphatic heterocycles. The molecule has 1 heterocycles. The lowest BCUT2D eigenvalue weighted by Gasteiger charge is -2.21. The predicted molar refractivity (Wildman–Crippen MR) is 85.0 cm³/mol. The molecule has 1 aromatic rings. The first-order valence-corrected chi connectivity index (χ1v) is 8.43. The quantitative estimate of drug-likeness (QED) is 0.827. The third-order valence-electron chi connectivity index (χ3n) is 4.65. The van der Waals surface area contributed by atoms with Gasteiger partial charge in [-0.15, -0.1) is 0 Å². The molecular formula is C17H31N3. The largest absolute Gasteiger partial charge is 0.314 e. The summed E-state index contributed by atoms with van der Waals surface area (Å²) >= 11 is 0. The topological polar surface area (TPSA) is 29.9 Å². The minimum Gasteiger partial charge on any atom is -0.314 e.